The van der Waals surface area contributed by atoms with Gasteiger partial charge in [-0.3, -0.25) is 4.72 Å². The highest BCUT2D eigenvalue weighted by Crippen LogP contribution is 2.10. The van der Waals surface area contributed by atoms with Crippen LogP contribution in [0.15, 0.2) is 6.20 Å². The molecule has 0 amide bonds. The van der Waals surface area contributed by atoms with Crippen molar-refractivity contribution < 1.29 is 8.42 Å². The number of hydrogen-bond acceptors (Lipinski definition) is 5. The molecule has 62 valence electrons. The molecule has 7 heteroatoms. The molecule has 0 unspecified atom stereocenters. The maximum atomic E-state index is 10.9. The fraction of sp³-hybridized carbons (Fsp3) is 0.500. The summed E-state index contributed by atoms with van der Waals surface area (Å²) in [6, 6.07) is 0. The quantitative estimate of drug-likeness (QED) is 0.749. The van der Waals surface area contributed by atoms with Gasteiger partial charge in [0.2, 0.25) is 10.0 Å². The van der Waals surface area contributed by atoms with Crippen molar-refractivity contribution in [3.63, 3.8) is 0 Å². The van der Waals surface area contributed by atoms with Crippen molar-refractivity contribution in [3.8, 4) is 0 Å². The van der Waals surface area contributed by atoms with Gasteiger partial charge < -0.3 is 0 Å². The van der Waals surface area contributed by atoms with Crippen molar-refractivity contribution in [1.29, 1.82) is 0 Å². The molecular weight excluding hydrogens is 186 g/mol. The van der Waals surface area contributed by atoms with Crippen LogP contribution >= 0.6 is 11.5 Å². The van der Waals surface area contributed by atoms with Crippen LogP contribution in [0.25, 0.3) is 0 Å². The first-order valence-electron chi connectivity index (χ1n) is 2.92. The Morgan fingerprint density at radius 2 is 2.45 bits per heavy atom. The highest BCUT2D eigenvalue weighted by Gasteiger charge is 2.07. The van der Waals surface area contributed by atoms with E-state index in [1.807, 2.05) is 0 Å². The Labute approximate surface area is 68.7 Å². The van der Waals surface area contributed by atoms with Gasteiger partial charge in [-0.25, -0.2) is 8.42 Å². The summed E-state index contributed by atoms with van der Waals surface area (Å²) in [6.45, 7) is 1.57. The Balaban J connectivity index is 2.72. The van der Waals surface area contributed by atoms with Crippen LogP contribution in [0, 0.1) is 0 Å². The molecule has 0 saturated heterocycles. The third-order valence-electron chi connectivity index (χ3n) is 0.997. The van der Waals surface area contributed by atoms with Gasteiger partial charge in [0.15, 0.2) is 0 Å². The van der Waals surface area contributed by atoms with Crippen LogP contribution in [0.1, 0.15) is 6.92 Å². The Bertz CT molecular complexity index is 304. The first-order valence-corrected chi connectivity index (χ1v) is 5.34. The van der Waals surface area contributed by atoms with E-state index in [1.165, 1.54) is 6.20 Å². The first kappa shape index (κ1) is 8.41. The van der Waals surface area contributed by atoms with E-state index in [2.05, 4.69) is 14.3 Å². The zero-order valence-corrected chi connectivity index (χ0v) is 7.44. The van der Waals surface area contributed by atoms with Crippen LogP contribution in [0.4, 0.5) is 5.00 Å². The number of nitrogens with zero attached hydrogens (tertiary/aromatic N) is 2. The lowest BCUT2D eigenvalue weighted by atomic mass is 10.9. The normalized spacial score (nSPS) is 11.4. The van der Waals surface area contributed by atoms with Crippen LogP contribution < -0.4 is 4.72 Å². The summed E-state index contributed by atoms with van der Waals surface area (Å²) in [4.78, 5) is 0. The maximum absolute atomic E-state index is 10.9. The van der Waals surface area contributed by atoms with Gasteiger partial charge in [-0.1, -0.05) is 4.49 Å². The number of sulfonamides is 1. The average Bonchev–Trinajstić information content (AvgIpc) is 2.39. The smallest absolute Gasteiger partial charge is 0.233 e. The van der Waals surface area contributed by atoms with Gasteiger partial charge in [0.1, 0.15) is 5.00 Å². The number of hydrogen-bond donors (Lipinski definition) is 1. The molecule has 0 aliphatic carbocycles. The number of anilines is 1. The molecule has 1 heterocycles. The summed E-state index contributed by atoms with van der Waals surface area (Å²) < 4.78 is 27.6. The van der Waals surface area contributed by atoms with E-state index in [-0.39, 0.29) is 5.75 Å². The summed E-state index contributed by atoms with van der Waals surface area (Å²) in [7, 11) is -3.16. The second-order valence-corrected chi connectivity index (χ2v) is 4.58. The van der Waals surface area contributed by atoms with Gasteiger partial charge in [-0.15, -0.1) is 5.10 Å². The molecule has 1 rings (SSSR count). The van der Waals surface area contributed by atoms with E-state index >= 15 is 0 Å². The summed E-state index contributed by atoms with van der Waals surface area (Å²) in [5.41, 5.74) is 0. The Kier molecular flexibility index (Phi) is 2.40. The lowest BCUT2D eigenvalue weighted by Crippen LogP contribution is -2.13. The topological polar surface area (TPSA) is 72.0 Å². The average molecular weight is 193 g/mol. The summed E-state index contributed by atoms with van der Waals surface area (Å²) in [6.07, 6.45) is 1.37. The summed E-state index contributed by atoms with van der Waals surface area (Å²) in [5.74, 6) is 0.0604. The monoisotopic (exact) mass is 193 g/mol. The number of aromatic nitrogens is 2. The second-order valence-electron chi connectivity index (χ2n) is 1.79. The van der Waals surface area contributed by atoms with Crippen LogP contribution in [-0.4, -0.2) is 23.8 Å². The molecule has 11 heavy (non-hydrogen) atoms. The first-order chi connectivity index (χ1) is 5.14. The molecule has 0 aliphatic heterocycles. The van der Waals surface area contributed by atoms with Crippen molar-refractivity contribution in [2.45, 2.75) is 6.92 Å². The Hall–Kier alpha value is -0.690. The van der Waals surface area contributed by atoms with Crippen molar-refractivity contribution >= 4 is 26.6 Å². The summed E-state index contributed by atoms with van der Waals surface area (Å²) in [5, 5.41) is 3.93. The Morgan fingerprint density at radius 3 is 2.91 bits per heavy atom. The fourth-order valence-corrected chi connectivity index (χ4v) is 1.75. The zero-order valence-electron chi connectivity index (χ0n) is 5.81. The zero-order chi connectivity index (χ0) is 8.32. The van der Waals surface area contributed by atoms with Gasteiger partial charge >= 0.3 is 0 Å². The molecule has 5 nitrogen and oxygen atoms in total. The number of nitrogens with one attached hydrogen (secondary N) is 1. The third-order valence-corrected chi connectivity index (χ3v) is 3.00. The predicted molar refractivity (Wildman–Crippen MR) is 43.0 cm³/mol. The standard InChI is InChI=1S/C4H7N3O2S2/c1-2-11(8,9)6-4-3-5-7-10-4/h3,6H,2H2,1H3. The maximum Gasteiger partial charge on any atom is 0.233 e. The van der Waals surface area contributed by atoms with Crippen LogP contribution in [0.3, 0.4) is 0 Å². The Morgan fingerprint density at radius 1 is 1.73 bits per heavy atom. The molecule has 1 aromatic heterocycles. The van der Waals surface area contributed by atoms with E-state index in [0.717, 1.165) is 11.5 Å². The highest BCUT2D eigenvalue weighted by atomic mass is 32.2. The lowest BCUT2D eigenvalue weighted by molar-refractivity contribution is 0.602. The van der Waals surface area contributed by atoms with E-state index in [0.29, 0.717) is 5.00 Å². The molecule has 0 saturated carbocycles. The van der Waals surface area contributed by atoms with E-state index < -0.39 is 10.0 Å². The molecular formula is C4H7N3O2S2. The molecule has 1 N–H and O–H groups in total. The molecule has 0 atom stereocenters. The minimum absolute atomic E-state index is 0.0604. The molecule has 0 aliphatic rings. The van der Waals surface area contributed by atoms with Crippen molar-refractivity contribution in [1.82, 2.24) is 9.59 Å². The third kappa shape index (κ3) is 2.43. The minimum Gasteiger partial charge on any atom is -0.272 e. The molecule has 0 spiro atoms. The van der Waals surface area contributed by atoms with Gasteiger partial charge in [0.25, 0.3) is 0 Å². The second kappa shape index (κ2) is 3.14. The molecule has 1 aromatic rings. The van der Waals surface area contributed by atoms with Gasteiger partial charge in [0, 0.05) is 11.5 Å². The predicted octanol–water partition coefficient (Wildman–Crippen LogP) is 0.300. The molecule has 0 aromatic carbocycles. The fourth-order valence-electron chi connectivity index (χ4n) is 0.438. The van der Waals surface area contributed by atoms with E-state index in [4.69, 9.17) is 0 Å². The largest absolute Gasteiger partial charge is 0.272 e. The SMILES string of the molecule is CCS(=O)(=O)Nc1cnns1. The number of rotatable bonds is 3. The van der Waals surface area contributed by atoms with Crippen LogP contribution in [0.5, 0.6) is 0 Å². The summed E-state index contributed by atoms with van der Waals surface area (Å²) >= 11 is 1.01. The molecule has 0 bridgehead atoms. The van der Waals surface area contributed by atoms with Crippen LogP contribution in [0.2, 0.25) is 0 Å². The van der Waals surface area contributed by atoms with Crippen molar-refractivity contribution in [2.24, 2.45) is 0 Å². The van der Waals surface area contributed by atoms with Gasteiger partial charge in [-0.05, 0) is 6.92 Å². The van der Waals surface area contributed by atoms with Gasteiger partial charge in [-0.2, -0.15) is 0 Å². The van der Waals surface area contributed by atoms with E-state index in [1.54, 1.807) is 6.92 Å². The van der Waals surface area contributed by atoms with Crippen molar-refractivity contribution in [2.75, 3.05) is 10.5 Å². The van der Waals surface area contributed by atoms with Gasteiger partial charge in [0.05, 0.1) is 11.9 Å². The molecule has 0 radical (unpaired) electrons. The minimum atomic E-state index is -3.16. The molecule has 0 fully saturated rings. The van der Waals surface area contributed by atoms with E-state index in [9.17, 15) is 8.42 Å². The van der Waals surface area contributed by atoms with Crippen LogP contribution in [-0.2, 0) is 10.0 Å². The highest BCUT2D eigenvalue weighted by molar-refractivity contribution is 7.92. The van der Waals surface area contributed by atoms with Crippen molar-refractivity contribution in [3.05, 3.63) is 6.20 Å². The lowest BCUT2D eigenvalue weighted by Gasteiger charge is -1.99.